The van der Waals surface area contributed by atoms with Gasteiger partial charge in [0.05, 0.1) is 13.2 Å². The second kappa shape index (κ2) is 12.8. The van der Waals surface area contributed by atoms with Crippen LogP contribution in [0.5, 0.6) is 0 Å². The number of carbonyl (C=O) groups excluding carboxylic acids is 1. The summed E-state index contributed by atoms with van der Waals surface area (Å²) in [6, 6.07) is 10.5. The Labute approximate surface area is 183 Å². The van der Waals surface area contributed by atoms with E-state index in [2.05, 4.69) is 47.5 Å². The number of carbonyl (C=O) groups is 1. The van der Waals surface area contributed by atoms with E-state index in [9.17, 15) is 4.79 Å². The Morgan fingerprint density at radius 1 is 1.17 bits per heavy atom. The zero-order chi connectivity index (χ0) is 21.8. The number of hydrogen-bond acceptors (Lipinski definition) is 3. The van der Waals surface area contributed by atoms with Gasteiger partial charge in [-0.25, -0.2) is 4.79 Å². The highest BCUT2D eigenvalue weighted by Gasteiger charge is 2.22. The number of nitrogens with zero attached hydrogens (tertiary/aromatic N) is 2. The summed E-state index contributed by atoms with van der Waals surface area (Å²) in [5.74, 6) is 0. The largest absolute Gasteiger partial charge is 0.379 e. The Morgan fingerprint density at radius 2 is 1.87 bits per heavy atom. The molecule has 2 rings (SSSR count). The maximum absolute atomic E-state index is 13.1. The third-order valence-electron chi connectivity index (χ3n) is 5.22. The van der Waals surface area contributed by atoms with Crippen LogP contribution >= 0.6 is 0 Å². The maximum atomic E-state index is 13.1. The van der Waals surface area contributed by atoms with Crippen molar-refractivity contribution in [3.05, 3.63) is 41.5 Å². The third kappa shape index (κ3) is 9.77. The molecule has 0 atom stereocenters. The van der Waals surface area contributed by atoms with Crippen LogP contribution in [0.1, 0.15) is 58.9 Å². The van der Waals surface area contributed by atoms with Gasteiger partial charge in [-0.3, -0.25) is 4.90 Å². The number of unbranched alkanes of at least 4 members (excludes halogenated alkanes) is 2. The summed E-state index contributed by atoms with van der Waals surface area (Å²) < 4.78 is 5.46. The molecule has 0 aliphatic carbocycles. The fourth-order valence-electron chi connectivity index (χ4n) is 3.57. The lowest BCUT2D eigenvalue weighted by Gasteiger charge is -2.32. The lowest BCUT2D eigenvalue weighted by Crippen LogP contribution is -2.51. The van der Waals surface area contributed by atoms with Crippen LogP contribution in [0.2, 0.25) is 0 Å². The number of hydrogen-bond donors (Lipinski definition) is 1. The van der Waals surface area contributed by atoms with Crippen LogP contribution in [0.25, 0.3) is 6.08 Å². The Kier molecular flexibility index (Phi) is 10.4. The molecule has 1 saturated heterocycles. The topological polar surface area (TPSA) is 44.8 Å². The second-order valence-corrected chi connectivity index (χ2v) is 9.23. The summed E-state index contributed by atoms with van der Waals surface area (Å²) in [7, 11) is 0. The van der Waals surface area contributed by atoms with Gasteiger partial charge < -0.3 is 15.0 Å². The molecule has 0 saturated carbocycles. The van der Waals surface area contributed by atoms with E-state index < -0.39 is 0 Å². The highest BCUT2D eigenvalue weighted by molar-refractivity contribution is 5.75. The van der Waals surface area contributed by atoms with Crippen molar-refractivity contribution in [1.29, 1.82) is 0 Å². The first kappa shape index (κ1) is 24.4. The highest BCUT2D eigenvalue weighted by atomic mass is 16.5. The summed E-state index contributed by atoms with van der Waals surface area (Å²) in [6.45, 7) is 14.1. The average Bonchev–Trinajstić information content (AvgIpc) is 2.71. The molecule has 0 unspecified atom stereocenters. The van der Waals surface area contributed by atoms with Crippen LogP contribution in [0.15, 0.2) is 35.9 Å². The molecule has 1 fully saturated rings. The SMILES string of the molecule is CCCCCC(=Cc1ccccc1)CN(CCN1CCOCC1)C(=O)NC(C)(C)C. The number of benzene rings is 1. The predicted octanol–water partition coefficient (Wildman–Crippen LogP) is 4.79. The van der Waals surface area contributed by atoms with Crippen molar-refractivity contribution in [2.24, 2.45) is 0 Å². The summed E-state index contributed by atoms with van der Waals surface area (Å²) in [5, 5.41) is 3.16. The first-order valence-electron chi connectivity index (χ1n) is 11.5. The second-order valence-electron chi connectivity index (χ2n) is 9.23. The number of ether oxygens (including phenoxy) is 1. The van der Waals surface area contributed by atoms with Crippen molar-refractivity contribution >= 4 is 12.1 Å². The Morgan fingerprint density at radius 3 is 2.50 bits per heavy atom. The number of morpholine rings is 1. The molecule has 5 heteroatoms. The molecule has 1 aliphatic heterocycles. The van der Waals surface area contributed by atoms with Gasteiger partial charge in [-0.2, -0.15) is 0 Å². The van der Waals surface area contributed by atoms with Crippen LogP contribution in [-0.2, 0) is 4.74 Å². The maximum Gasteiger partial charge on any atom is 0.318 e. The molecule has 1 aromatic rings. The van der Waals surface area contributed by atoms with E-state index in [1.165, 1.54) is 24.0 Å². The normalized spacial score (nSPS) is 15.8. The molecule has 2 amide bonds. The summed E-state index contributed by atoms with van der Waals surface area (Å²) in [4.78, 5) is 17.5. The van der Waals surface area contributed by atoms with Crippen LogP contribution in [-0.4, -0.2) is 67.3 Å². The smallest absolute Gasteiger partial charge is 0.318 e. The molecular weight excluding hydrogens is 374 g/mol. The molecule has 0 bridgehead atoms. The predicted molar refractivity (Wildman–Crippen MR) is 126 cm³/mol. The highest BCUT2D eigenvalue weighted by Crippen LogP contribution is 2.16. The number of nitrogens with one attached hydrogen (secondary N) is 1. The van der Waals surface area contributed by atoms with E-state index in [-0.39, 0.29) is 11.6 Å². The molecule has 30 heavy (non-hydrogen) atoms. The molecular formula is C25H41N3O2. The molecule has 1 aromatic carbocycles. The van der Waals surface area contributed by atoms with Gasteiger partial charge in [0.25, 0.3) is 0 Å². The van der Waals surface area contributed by atoms with E-state index in [4.69, 9.17) is 4.74 Å². The Bertz CT molecular complexity index is 646. The van der Waals surface area contributed by atoms with Crippen molar-refractivity contribution in [3.63, 3.8) is 0 Å². The van der Waals surface area contributed by atoms with Gasteiger partial charge in [-0.05, 0) is 39.2 Å². The molecule has 1 aliphatic rings. The van der Waals surface area contributed by atoms with E-state index in [0.717, 1.165) is 52.2 Å². The molecule has 5 nitrogen and oxygen atoms in total. The van der Waals surface area contributed by atoms with Gasteiger partial charge in [-0.15, -0.1) is 0 Å². The molecule has 0 radical (unpaired) electrons. The summed E-state index contributed by atoms with van der Waals surface area (Å²) in [6.07, 6.45) is 6.87. The van der Waals surface area contributed by atoms with E-state index in [1.807, 2.05) is 31.7 Å². The van der Waals surface area contributed by atoms with E-state index >= 15 is 0 Å². The van der Waals surface area contributed by atoms with Gasteiger partial charge in [0, 0.05) is 38.3 Å². The number of amides is 2. The minimum Gasteiger partial charge on any atom is -0.379 e. The van der Waals surface area contributed by atoms with Crippen molar-refractivity contribution in [1.82, 2.24) is 15.1 Å². The number of rotatable bonds is 10. The average molecular weight is 416 g/mol. The van der Waals surface area contributed by atoms with Crippen LogP contribution in [0.4, 0.5) is 4.79 Å². The number of urea groups is 1. The molecule has 0 aromatic heterocycles. The zero-order valence-electron chi connectivity index (χ0n) is 19.5. The van der Waals surface area contributed by atoms with E-state index in [0.29, 0.717) is 6.54 Å². The van der Waals surface area contributed by atoms with Crippen LogP contribution in [0.3, 0.4) is 0 Å². The lowest BCUT2D eigenvalue weighted by atomic mass is 10.0. The van der Waals surface area contributed by atoms with Crippen molar-refractivity contribution < 1.29 is 9.53 Å². The van der Waals surface area contributed by atoms with Gasteiger partial charge in [0.2, 0.25) is 0 Å². The minimum absolute atomic E-state index is 0.0187. The fraction of sp³-hybridized carbons (Fsp3) is 0.640. The van der Waals surface area contributed by atoms with Gasteiger partial charge in [-0.1, -0.05) is 61.7 Å². The van der Waals surface area contributed by atoms with Crippen molar-refractivity contribution in [2.45, 2.75) is 58.9 Å². The molecule has 1 heterocycles. The Hall–Kier alpha value is -1.85. The summed E-state index contributed by atoms with van der Waals surface area (Å²) in [5.41, 5.74) is 2.27. The van der Waals surface area contributed by atoms with Gasteiger partial charge in [0.15, 0.2) is 0 Å². The van der Waals surface area contributed by atoms with Crippen LogP contribution in [0, 0.1) is 0 Å². The van der Waals surface area contributed by atoms with Crippen molar-refractivity contribution in [3.8, 4) is 0 Å². The zero-order valence-corrected chi connectivity index (χ0v) is 19.5. The van der Waals surface area contributed by atoms with Gasteiger partial charge in [0.1, 0.15) is 0 Å². The quantitative estimate of drug-likeness (QED) is 0.559. The Balaban J connectivity index is 2.12. The molecule has 168 valence electrons. The molecule has 1 N–H and O–H groups in total. The first-order chi connectivity index (χ1) is 14.4. The summed E-state index contributed by atoms with van der Waals surface area (Å²) >= 11 is 0. The van der Waals surface area contributed by atoms with Gasteiger partial charge >= 0.3 is 6.03 Å². The van der Waals surface area contributed by atoms with Crippen molar-refractivity contribution in [2.75, 3.05) is 45.9 Å². The van der Waals surface area contributed by atoms with Crippen LogP contribution < -0.4 is 5.32 Å². The fourth-order valence-corrected chi connectivity index (χ4v) is 3.57. The third-order valence-corrected chi connectivity index (χ3v) is 5.22. The minimum atomic E-state index is -0.250. The monoisotopic (exact) mass is 415 g/mol. The molecule has 0 spiro atoms. The van der Waals surface area contributed by atoms with E-state index in [1.54, 1.807) is 0 Å². The lowest BCUT2D eigenvalue weighted by molar-refractivity contribution is 0.0351. The first-order valence-corrected chi connectivity index (χ1v) is 11.5. The standard InChI is InChI=1S/C25H41N3O2/c1-5-6-8-13-23(20-22-11-9-7-10-12-22)21-28(24(29)26-25(2,3)4)15-14-27-16-18-30-19-17-27/h7,9-12,20H,5-6,8,13-19,21H2,1-4H3,(H,26,29).